The van der Waals surface area contributed by atoms with Gasteiger partial charge in [0.05, 0.1) is 17.4 Å². The van der Waals surface area contributed by atoms with E-state index in [1.165, 1.54) is 19.3 Å². The zero-order valence-electron chi connectivity index (χ0n) is 20.1. The summed E-state index contributed by atoms with van der Waals surface area (Å²) in [7, 11) is 2.14. The topological polar surface area (TPSA) is 71.3 Å². The fraction of sp³-hybridized carbons (Fsp3) is 0.593. The highest BCUT2D eigenvalue weighted by atomic mass is 16.5. The number of likely N-dealkylation sites (tertiary alicyclic amines) is 1. The van der Waals surface area contributed by atoms with E-state index in [2.05, 4.69) is 35.1 Å². The Morgan fingerprint density at radius 2 is 1.76 bits per heavy atom. The average Bonchev–Trinajstić information content (AvgIpc) is 2.85. The smallest absolute Gasteiger partial charge is 0.234 e. The lowest BCUT2D eigenvalue weighted by Gasteiger charge is -2.29. The first-order valence-corrected chi connectivity index (χ1v) is 12.6. The molecule has 2 heterocycles. The van der Waals surface area contributed by atoms with Gasteiger partial charge in [0.25, 0.3) is 0 Å². The molecular formula is C27H36N4O2. The van der Waals surface area contributed by atoms with Crippen LogP contribution in [0.5, 0.6) is 11.6 Å². The number of hydrogen-bond donors (Lipinski definition) is 0. The van der Waals surface area contributed by atoms with Crippen LogP contribution >= 0.6 is 0 Å². The summed E-state index contributed by atoms with van der Waals surface area (Å²) >= 11 is 0. The highest BCUT2D eigenvalue weighted by Crippen LogP contribution is 2.32. The van der Waals surface area contributed by atoms with Gasteiger partial charge in [-0.2, -0.15) is 10.4 Å². The number of piperidine rings is 1. The van der Waals surface area contributed by atoms with Crippen LogP contribution in [0.1, 0.15) is 76.0 Å². The van der Waals surface area contributed by atoms with Gasteiger partial charge in [-0.05, 0) is 76.1 Å². The molecule has 2 fully saturated rings. The van der Waals surface area contributed by atoms with E-state index in [1.807, 2.05) is 24.3 Å². The van der Waals surface area contributed by atoms with E-state index in [-0.39, 0.29) is 12.2 Å². The molecule has 0 amide bonds. The Kier molecular flexibility index (Phi) is 8.17. The molecule has 1 aliphatic carbocycles. The first-order chi connectivity index (χ1) is 16.2. The first kappa shape index (κ1) is 23.5. The Bertz CT molecular complexity index is 957. The standard InChI is InChI=1S/C27H36N4O2/c1-3-4-10-25-24(18-27(30-29-25)33-23-13-15-31(2)16-14-23)20-11-12-26(21(17-20)19-28)32-22-8-6-5-7-9-22/h11-12,17-18,22-23H,3-10,13-16H2,1-2H3. The summed E-state index contributed by atoms with van der Waals surface area (Å²) < 4.78 is 12.4. The van der Waals surface area contributed by atoms with Gasteiger partial charge in [-0.1, -0.05) is 25.8 Å². The predicted octanol–water partition coefficient (Wildman–Crippen LogP) is 5.54. The van der Waals surface area contributed by atoms with Crippen molar-refractivity contribution in [1.82, 2.24) is 15.1 Å². The van der Waals surface area contributed by atoms with Gasteiger partial charge in [-0.3, -0.25) is 0 Å². The zero-order valence-corrected chi connectivity index (χ0v) is 20.1. The van der Waals surface area contributed by atoms with Crippen molar-refractivity contribution in [1.29, 1.82) is 5.26 Å². The van der Waals surface area contributed by atoms with Crippen LogP contribution in [0.25, 0.3) is 11.1 Å². The first-order valence-electron chi connectivity index (χ1n) is 12.6. The number of nitriles is 1. The number of benzene rings is 1. The summed E-state index contributed by atoms with van der Waals surface area (Å²) in [6.45, 7) is 4.25. The number of aryl methyl sites for hydroxylation is 1. The van der Waals surface area contributed by atoms with Crippen LogP contribution in [0.4, 0.5) is 0 Å². The lowest BCUT2D eigenvalue weighted by Crippen LogP contribution is -2.35. The van der Waals surface area contributed by atoms with Crippen molar-refractivity contribution in [3.8, 4) is 28.8 Å². The van der Waals surface area contributed by atoms with E-state index in [4.69, 9.17) is 9.47 Å². The van der Waals surface area contributed by atoms with E-state index in [9.17, 15) is 5.26 Å². The molecule has 1 saturated carbocycles. The summed E-state index contributed by atoms with van der Waals surface area (Å²) in [5, 5.41) is 18.8. The molecule has 176 valence electrons. The molecule has 1 aliphatic heterocycles. The van der Waals surface area contributed by atoms with Crippen LogP contribution in [-0.2, 0) is 6.42 Å². The van der Waals surface area contributed by atoms with Gasteiger partial charge in [0.15, 0.2) is 0 Å². The second kappa shape index (κ2) is 11.5. The van der Waals surface area contributed by atoms with Gasteiger partial charge < -0.3 is 14.4 Å². The summed E-state index contributed by atoms with van der Waals surface area (Å²) in [4.78, 5) is 2.32. The van der Waals surface area contributed by atoms with Gasteiger partial charge in [0.1, 0.15) is 17.9 Å². The minimum atomic E-state index is 0.172. The lowest BCUT2D eigenvalue weighted by molar-refractivity contribution is 0.109. The normalized spacial score (nSPS) is 18.1. The molecule has 0 N–H and O–H groups in total. The zero-order chi connectivity index (χ0) is 23.0. The third-order valence-electron chi connectivity index (χ3n) is 6.82. The summed E-state index contributed by atoms with van der Waals surface area (Å²) in [5.41, 5.74) is 3.50. The number of nitrogens with zero attached hydrogens (tertiary/aromatic N) is 4. The molecule has 1 aromatic carbocycles. The molecular weight excluding hydrogens is 412 g/mol. The van der Waals surface area contributed by atoms with Crippen molar-refractivity contribution < 1.29 is 9.47 Å². The molecule has 1 aromatic heterocycles. The van der Waals surface area contributed by atoms with E-state index < -0.39 is 0 Å². The van der Waals surface area contributed by atoms with Crippen molar-refractivity contribution in [3.63, 3.8) is 0 Å². The van der Waals surface area contributed by atoms with Crippen LogP contribution in [0.15, 0.2) is 24.3 Å². The summed E-state index contributed by atoms with van der Waals surface area (Å²) in [5.74, 6) is 1.26. The molecule has 4 rings (SSSR count). The molecule has 0 unspecified atom stereocenters. The van der Waals surface area contributed by atoms with Crippen LogP contribution in [-0.4, -0.2) is 47.4 Å². The maximum absolute atomic E-state index is 9.84. The second-order valence-corrected chi connectivity index (χ2v) is 9.47. The van der Waals surface area contributed by atoms with Crippen molar-refractivity contribution in [2.24, 2.45) is 0 Å². The molecule has 2 aromatic rings. The van der Waals surface area contributed by atoms with Crippen LogP contribution in [0.2, 0.25) is 0 Å². The molecule has 0 spiro atoms. The highest BCUT2D eigenvalue weighted by Gasteiger charge is 2.21. The van der Waals surface area contributed by atoms with Gasteiger partial charge in [0.2, 0.25) is 5.88 Å². The van der Waals surface area contributed by atoms with Gasteiger partial charge in [-0.25, -0.2) is 0 Å². The molecule has 6 heteroatoms. The van der Waals surface area contributed by atoms with Crippen molar-refractivity contribution >= 4 is 0 Å². The average molecular weight is 449 g/mol. The SMILES string of the molecule is CCCCc1nnc(OC2CCN(C)CC2)cc1-c1ccc(OC2CCCCC2)c(C#N)c1. The second-order valence-electron chi connectivity index (χ2n) is 9.47. The molecule has 0 atom stereocenters. The minimum Gasteiger partial charge on any atom is -0.489 e. The Morgan fingerprint density at radius 3 is 2.48 bits per heavy atom. The number of hydrogen-bond acceptors (Lipinski definition) is 6. The highest BCUT2D eigenvalue weighted by molar-refractivity contribution is 5.70. The Morgan fingerprint density at radius 1 is 1.00 bits per heavy atom. The maximum atomic E-state index is 9.84. The predicted molar refractivity (Wildman–Crippen MR) is 129 cm³/mol. The van der Waals surface area contributed by atoms with Crippen LogP contribution in [0.3, 0.4) is 0 Å². The van der Waals surface area contributed by atoms with E-state index in [0.29, 0.717) is 17.2 Å². The monoisotopic (exact) mass is 448 g/mol. The van der Waals surface area contributed by atoms with Crippen LogP contribution < -0.4 is 9.47 Å². The molecule has 2 aliphatic rings. The molecule has 1 saturated heterocycles. The lowest BCUT2D eigenvalue weighted by atomic mass is 9.97. The number of unbranched alkanes of at least 4 members (excludes halogenated alkanes) is 1. The van der Waals surface area contributed by atoms with E-state index >= 15 is 0 Å². The minimum absolute atomic E-state index is 0.172. The number of aromatic nitrogens is 2. The van der Waals surface area contributed by atoms with Crippen molar-refractivity contribution in [2.75, 3.05) is 20.1 Å². The van der Waals surface area contributed by atoms with E-state index in [0.717, 1.165) is 74.9 Å². The number of ether oxygens (including phenoxy) is 2. The summed E-state index contributed by atoms with van der Waals surface area (Å²) in [6, 6.07) is 10.3. The Balaban J connectivity index is 1.58. The van der Waals surface area contributed by atoms with Crippen molar-refractivity contribution in [2.45, 2.75) is 83.3 Å². The van der Waals surface area contributed by atoms with Crippen LogP contribution in [0, 0.1) is 11.3 Å². The van der Waals surface area contributed by atoms with Crippen molar-refractivity contribution in [3.05, 3.63) is 35.5 Å². The Hall–Kier alpha value is -2.65. The molecule has 33 heavy (non-hydrogen) atoms. The quantitative estimate of drug-likeness (QED) is 0.528. The largest absolute Gasteiger partial charge is 0.489 e. The Labute approximate surface area is 197 Å². The number of rotatable bonds is 8. The molecule has 0 radical (unpaired) electrons. The third-order valence-corrected chi connectivity index (χ3v) is 6.82. The summed E-state index contributed by atoms with van der Waals surface area (Å²) in [6.07, 6.45) is 11.2. The van der Waals surface area contributed by atoms with Gasteiger partial charge in [-0.15, -0.1) is 5.10 Å². The van der Waals surface area contributed by atoms with E-state index in [1.54, 1.807) is 0 Å². The third kappa shape index (κ3) is 6.23. The fourth-order valence-corrected chi connectivity index (χ4v) is 4.76. The van der Waals surface area contributed by atoms with Gasteiger partial charge >= 0.3 is 0 Å². The molecule has 0 bridgehead atoms. The molecule has 6 nitrogen and oxygen atoms in total. The maximum Gasteiger partial charge on any atom is 0.234 e. The van der Waals surface area contributed by atoms with Gasteiger partial charge in [0, 0.05) is 24.7 Å². The fourth-order valence-electron chi connectivity index (χ4n) is 4.76.